The van der Waals surface area contributed by atoms with Crippen LogP contribution in [0.1, 0.15) is 29.7 Å². The van der Waals surface area contributed by atoms with Gasteiger partial charge in [0.2, 0.25) is 0 Å². The van der Waals surface area contributed by atoms with E-state index in [4.69, 9.17) is 4.74 Å². The Kier molecular flexibility index (Phi) is 6.56. The van der Waals surface area contributed by atoms with Crippen molar-refractivity contribution in [1.82, 2.24) is 9.80 Å². The molecule has 0 radical (unpaired) electrons. The van der Waals surface area contributed by atoms with Gasteiger partial charge in [0, 0.05) is 25.6 Å². The number of Topliss-reactive ketones (excluding diaryl/α,β-unsaturated/α-hetero) is 1. The van der Waals surface area contributed by atoms with E-state index in [9.17, 15) is 19.5 Å². The zero-order valence-electron chi connectivity index (χ0n) is 18.1. The van der Waals surface area contributed by atoms with E-state index in [1.807, 2.05) is 38.1 Å². The first-order valence-corrected chi connectivity index (χ1v) is 9.97. The third-order valence-corrected chi connectivity index (χ3v) is 5.11. The Morgan fingerprint density at radius 2 is 1.68 bits per heavy atom. The summed E-state index contributed by atoms with van der Waals surface area (Å²) in [7, 11) is 3.76. The molecule has 162 valence electrons. The average Bonchev–Trinajstić information content (AvgIpc) is 2.97. The summed E-state index contributed by atoms with van der Waals surface area (Å²) in [5.74, 6) is -1.65. The molecule has 1 aliphatic rings. The molecule has 1 atom stereocenters. The predicted molar refractivity (Wildman–Crippen MR) is 116 cm³/mol. The molecule has 1 heterocycles. The molecule has 0 aliphatic carbocycles. The number of likely N-dealkylation sites (tertiary alicyclic amines) is 1. The molecule has 0 saturated carbocycles. The maximum Gasteiger partial charge on any atom is 0.308 e. The van der Waals surface area contributed by atoms with Crippen LogP contribution in [-0.2, 0) is 14.4 Å². The number of aliphatic hydroxyl groups is 1. The highest BCUT2D eigenvalue weighted by molar-refractivity contribution is 6.46. The third kappa shape index (κ3) is 4.83. The molecule has 1 N–H and O–H groups in total. The summed E-state index contributed by atoms with van der Waals surface area (Å²) in [5, 5.41) is 11.0. The SMILES string of the molecule is CC(=O)Oc1ccc(C2/C(=C(/O)c3ccc(C)cc3)C(=O)C(=O)N2CCN(C)C)cc1. The lowest BCUT2D eigenvalue weighted by atomic mass is 9.95. The molecule has 1 aliphatic heterocycles. The number of hydrogen-bond acceptors (Lipinski definition) is 6. The van der Waals surface area contributed by atoms with Crippen LogP contribution in [0.2, 0.25) is 0 Å². The number of aryl methyl sites for hydroxylation is 1. The van der Waals surface area contributed by atoms with Gasteiger partial charge in [-0.1, -0.05) is 42.0 Å². The molecule has 0 spiro atoms. The molecule has 7 heteroatoms. The number of carbonyl (C=O) groups excluding carboxylic acids is 3. The second-order valence-corrected chi connectivity index (χ2v) is 7.82. The number of hydrogen-bond donors (Lipinski definition) is 1. The van der Waals surface area contributed by atoms with E-state index in [1.165, 1.54) is 11.8 Å². The van der Waals surface area contributed by atoms with Crippen LogP contribution in [0.3, 0.4) is 0 Å². The average molecular weight is 422 g/mol. The number of amides is 1. The molecule has 31 heavy (non-hydrogen) atoms. The van der Waals surface area contributed by atoms with Gasteiger partial charge in [0.15, 0.2) is 0 Å². The lowest BCUT2D eigenvalue weighted by molar-refractivity contribution is -0.140. The Balaban J connectivity index is 2.09. The molecule has 0 aromatic heterocycles. The topological polar surface area (TPSA) is 87.1 Å². The second kappa shape index (κ2) is 9.14. The standard InChI is InChI=1S/C24H26N2O5/c1-15-5-7-18(8-6-15)22(28)20-21(17-9-11-19(12-10-17)31-16(2)27)26(14-13-25(3)4)24(30)23(20)29/h5-12,21,28H,13-14H2,1-4H3/b22-20-. The Labute approximate surface area is 181 Å². The summed E-state index contributed by atoms with van der Waals surface area (Å²) in [6.07, 6.45) is 0. The van der Waals surface area contributed by atoms with E-state index in [0.717, 1.165) is 5.56 Å². The lowest BCUT2D eigenvalue weighted by Gasteiger charge is -2.26. The van der Waals surface area contributed by atoms with Gasteiger partial charge in [0.1, 0.15) is 11.5 Å². The van der Waals surface area contributed by atoms with Crippen LogP contribution in [0, 0.1) is 6.92 Å². The number of aliphatic hydroxyl groups excluding tert-OH is 1. The molecule has 2 aromatic carbocycles. The highest BCUT2D eigenvalue weighted by Gasteiger charge is 2.45. The van der Waals surface area contributed by atoms with Gasteiger partial charge in [0.25, 0.3) is 11.7 Å². The number of ketones is 1. The van der Waals surface area contributed by atoms with Crippen LogP contribution in [-0.4, -0.2) is 59.8 Å². The Hall–Kier alpha value is -3.45. The first-order chi connectivity index (χ1) is 14.7. The van der Waals surface area contributed by atoms with Crippen molar-refractivity contribution in [2.45, 2.75) is 19.9 Å². The van der Waals surface area contributed by atoms with E-state index in [2.05, 4.69) is 0 Å². The molecule has 7 nitrogen and oxygen atoms in total. The van der Waals surface area contributed by atoms with E-state index in [0.29, 0.717) is 30.0 Å². The van der Waals surface area contributed by atoms with E-state index < -0.39 is 23.7 Å². The molecule has 3 rings (SSSR count). The summed E-state index contributed by atoms with van der Waals surface area (Å²) >= 11 is 0. The highest BCUT2D eigenvalue weighted by atomic mass is 16.5. The molecule has 2 aromatic rings. The zero-order chi connectivity index (χ0) is 22.7. The molecule has 0 bridgehead atoms. The Morgan fingerprint density at radius 1 is 1.06 bits per heavy atom. The minimum Gasteiger partial charge on any atom is -0.507 e. The van der Waals surface area contributed by atoms with Crippen LogP contribution in [0.5, 0.6) is 5.75 Å². The minimum absolute atomic E-state index is 0.0489. The van der Waals surface area contributed by atoms with Crippen molar-refractivity contribution in [1.29, 1.82) is 0 Å². The fourth-order valence-electron chi connectivity index (χ4n) is 3.52. The molecular weight excluding hydrogens is 396 g/mol. The van der Waals surface area contributed by atoms with Crippen molar-refractivity contribution in [3.63, 3.8) is 0 Å². The fraction of sp³-hybridized carbons (Fsp3) is 0.292. The number of rotatable bonds is 6. The smallest absolute Gasteiger partial charge is 0.308 e. The van der Waals surface area contributed by atoms with Crippen LogP contribution < -0.4 is 4.74 Å². The summed E-state index contributed by atoms with van der Waals surface area (Å²) < 4.78 is 5.08. The van der Waals surface area contributed by atoms with Gasteiger partial charge in [-0.2, -0.15) is 0 Å². The number of nitrogens with zero attached hydrogens (tertiary/aromatic N) is 2. The number of ether oxygens (including phenoxy) is 1. The van der Waals surface area contributed by atoms with Gasteiger partial charge in [-0.15, -0.1) is 0 Å². The van der Waals surface area contributed by atoms with Crippen molar-refractivity contribution in [2.75, 3.05) is 27.2 Å². The fourth-order valence-corrected chi connectivity index (χ4v) is 3.52. The summed E-state index contributed by atoms with van der Waals surface area (Å²) in [6.45, 7) is 4.11. The predicted octanol–water partition coefficient (Wildman–Crippen LogP) is 2.90. The van der Waals surface area contributed by atoms with Gasteiger partial charge in [-0.3, -0.25) is 14.4 Å². The van der Waals surface area contributed by atoms with Gasteiger partial charge in [-0.25, -0.2) is 0 Å². The molecular formula is C24H26N2O5. The van der Waals surface area contributed by atoms with Crippen LogP contribution in [0.4, 0.5) is 0 Å². The quantitative estimate of drug-likeness (QED) is 0.253. The molecule has 1 fully saturated rings. The van der Waals surface area contributed by atoms with Crippen molar-refractivity contribution >= 4 is 23.4 Å². The molecule has 1 saturated heterocycles. The lowest BCUT2D eigenvalue weighted by Crippen LogP contribution is -2.35. The van der Waals surface area contributed by atoms with Crippen molar-refractivity contribution in [3.8, 4) is 5.75 Å². The first kappa shape index (κ1) is 22.2. The second-order valence-electron chi connectivity index (χ2n) is 7.82. The maximum absolute atomic E-state index is 12.9. The summed E-state index contributed by atoms with van der Waals surface area (Å²) in [6, 6.07) is 13.0. The largest absolute Gasteiger partial charge is 0.507 e. The van der Waals surface area contributed by atoms with Gasteiger partial charge in [-0.05, 0) is 38.7 Å². The molecule has 1 unspecified atom stereocenters. The van der Waals surface area contributed by atoms with Crippen molar-refractivity contribution in [2.24, 2.45) is 0 Å². The van der Waals surface area contributed by atoms with Crippen LogP contribution in [0.15, 0.2) is 54.1 Å². The monoisotopic (exact) mass is 422 g/mol. The summed E-state index contributed by atoms with van der Waals surface area (Å²) in [5.41, 5.74) is 2.17. The summed E-state index contributed by atoms with van der Waals surface area (Å²) in [4.78, 5) is 40.4. The number of likely N-dealkylation sites (N-methyl/N-ethyl adjacent to an activating group) is 1. The van der Waals surface area contributed by atoms with Crippen molar-refractivity contribution in [3.05, 3.63) is 70.8 Å². The van der Waals surface area contributed by atoms with E-state index in [-0.39, 0.29) is 11.3 Å². The Bertz CT molecular complexity index is 1020. The van der Waals surface area contributed by atoms with Gasteiger partial charge in [0.05, 0.1) is 11.6 Å². The zero-order valence-corrected chi connectivity index (χ0v) is 18.1. The van der Waals surface area contributed by atoms with E-state index in [1.54, 1.807) is 36.4 Å². The molecule has 1 amide bonds. The number of benzene rings is 2. The maximum atomic E-state index is 12.9. The first-order valence-electron chi connectivity index (χ1n) is 9.97. The van der Waals surface area contributed by atoms with E-state index >= 15 is 0 Å². The normalized spacial score (nSPS) is 18.0. The number of esters is 1. The van der Waals surface area contributed by atoms with Crippen LogP contribution in [0.25, 0.3) is 5.76 Å². The van der Waals surface area contributed by atoms with Crippen LogP contribution >= 0.6 is 0 Å². The van der Waals surface area contributed by atoms with Gasteiger partial charge >= 0.3 is 5.97 Å². The highest BCUT2D eigenvalue weighted by Crippen LogP contribution is 2.39. The third-order valence-electron chi connectivity index (χ3n) is 5.11. The Morgan fingerprint density at radius 3 is 2.23 bits per heavy atom. The number of carbonyl (C=O) groups is 3. The minimum atomic E-state index is -0.743. The van der Waals surface area contributed by atoms with Gasteiger partial charge < -0.3 is 19.6 Å². The van der Waals surface area contributed by atoms with Crippen molar-refractivity contribution < 1.29 is 24.2 Å².